The van der Waals surface area contributed by atoms with Gasteiger partial charge in [0, 0.05) is 17.8 Å². The number of carbonyl (C=O) groups excluding carboxylic acids is 1. The summed E-state index contributed by atoms with van der Waals surface area (Å²) in [5.41, 5.74) is 3.27. The SMILES string of the molecule is Cc1cc2ccccc2n1CC(=O)N(Cc1ccccc1)Cc1ccco1. The van der Waals surface area contributed by atoms with Gasteiger partial charge in [0.1, 0.15) is 12.3 Å². The van der Waals surface area contributed by atoms with Crippen molar-refractivity contribution >= 4 is 16.8 Å². The second-order valence-corrected chi connectivity index (χ2v) is 6.75. The molecule has 0 aliphatic rings. The van der Waals surface area contributed by atoms with E-state index in [0.717, 1.165) is 27.9 Å². The number of aromatic nitrogens is 1. The molecule has 2 heterocycles. The summed E-state index contributed by atoms with van der Waals surface area (Å²) < 4.78 is 7.56. The summed E-state index contributed by atoms with van der Waals surface area (Å²) in [7, 11) is 0. The van der Waals surface area contributed by atoms with E-state index in [1.165, 1.54) is 0 Å². The quantitative estimate of drug-likeness (QED) is 0.498. The van der Waals surface area contributed by atoms with E-state index in [1.54, 1.807) is 6.26 Å². The van der Waals surface area contributed by atoms with Crippen molar-refractivity contribution in [1.29, 1.82) is 0 Å². The molecule has 0 unspecified atom stereocenters. The van der Waals surface area contributed by atoms with Crippen molar-refractivity contribution in [2.45, 2.75) is 26.6 Å². The van der Waals surface area contributed by atoms with E-state index in [2.05, 4.69) is 22.8 Å². The molecule has 27 heavy (non-hydrogen) atoms. The number of amides is 1. The third-order valence-electron chi connectivity index (χ3n) is 4.81. The van der Waals surface area contributed by atoms with Crippen LogP contribution in [0.25, 0.3) is 10.9 Å². The minimum Gasteiger partial charge on any atom is -0.467 e. The van der Waals surface area contributed by atoms with Crippen molar-refractivity contribution in [1.82, 2.24) is 9.47 Å². The fraction of sp³-hybridized carbons (Fsp3) is 0.174. The predicted octanol–water partition coefficient (Wildman–Crippen LogP) is 4.77. The van der Waals surface area contributed by atoms with Crippen molar-refractivity contribution in [3.05, 3.63) is 96.1 Å². The maximum Gasteiger partial charge on any atom is 0.243 e. The van der Waals surface area contributed by atoms with Gasteiger partial charge in [-0.2, -0.15) is 0 Å². The Morgan fingerprint density at radius 1 is 0.963 bits per heavy atom. The second kappa shape index (κ2) is 7.54. The number of para-hydroxylation sites is 1. The summed E-state index contributed by atoms with van der Waals surface area (Å²) in [4.78, 5) is 15.1. The van der Waals surface area contributed by atoms with Gasteiger partial charge in [-0.25, -0.2) is 0 Å². The number of aryl methyl sites for hydroxylation is 1. The van der Waals surface area contributed by atoms with Crippen molar-refractivity contribution in [3.8, 4) is 0 Å². The van der Waals surface area contributed by atoms with Crippen LogP contribution in [0.15, 0.2) is 83.5 Å². The summed E-state index contributed by atoms with van der Waals surface area (Å²) in [6, 6.07) is 24.1. The Balaban J connectivity index is 1.60. The maximum atomic E-state index is 13.2. The van der Waals surface area contributed by atoms with Crippen LogP contribution in [0.4, 0.5) is 0 Å². The van der Waals surface area contributed by atoms with Gasteiger partial charge in [-0.3, -0.25) is 4.79 Å². The van der Waals surface area contributed by atoms with Crippen molar-refractivity contribution in [2.24, 2.45) is 0 Å². The fourth-order valence-electron chi connectivity index (χ4n) is 3.42. The molecule has 0 bridgehead atoms. The molecule has 0 saturated carbocycles. The Morgan fingerprint density at radius 3 is 2.52 bits per heavy atom. The molecule has 0 radical (unpaired) electrons. The average Bonchev–Trinajstić information content (AvgIpc) is 3.30. The van der Waals surface area contributed by atoms with Crippen LogP contribution < -0.4 is 0 Å². The summed E-state index contributed by atoms with van der Waals surface area (Å²) in [6.07, 6.45) is 1.64. The lowest BCUT2D eigenvalue weighted by Gasteiger charge is -2.23. The van der Waals surface area contributed by atoms with Gasteiger partial charge in [0.25, 0.3) is 0 Å². The molecule has 136 valence electrons. The second-order valence-electron chi connectivity index (χ2n) is 6.75. The Morgan fingerprint density at radius 2 is 1.74 bits per heavy atom. The van der Waals surface area contributed by atoms with E-state index in [0.29, 0.717) is 19.6 Å². The van der Waals surface area contributed by atoms with Crippen molar-refractivity contribution < 1.29 is 9.21 Å². The molecule has 4 heteroatoms. The molecule has 1 amide bonds. The first kappa shape index (κ1) is 17.2. The topological polar surface area (TPSA) is 38.4 Å². The Kier molecular flexibility index (Phi) is 4.79. The van der Waals surface area contributed by atoms with E-state index in [4.69, 9.17) is 4.42 Å². The maximum absolute atomic E-state index is 13.2. The lowest BCUT2D eigenvalue weighted by Crippen LogP contribution is -2.33. The Labute approximate surface area is 158 Å². The number of benzene rings is 2. The zero-order chi connectivity index (χ0) is 18.6. The lowest BCUT2D eigenvalue weighted by molar-refractivity contribution is -0.133. The highest BCUT2D eigenvalue weighted by Crippen LogP contribution is 2.20. The molecule has 0 aliphatic carbocycles. The Hall–Kier alpha value is -3.27. The van der Waals surface area contributed by atoms with E-state index in [-0.39, 0.29) is 5.91 Å². The molecule has 2 aromatic heterocycles. The third-order valence-corrected chi connectivity index (χ3v) is 4.81. The van der Waals surface area contributed by atoms with Gasteiger partial charge in [-0.1, -0.05) is 48.5 Å². The highest BCUT2D eigenvalue weighted by molar-refractivity contribution is 5.84. The third kappa shape index (κ3) is 3.80. The van der Waals surface area contributed by atoms with Crippen LogP contribution in [-0.4, -0.2) is 15.4 Å². The normalized spacial score (nSPS) is 11.0. The van der Waals surface area contributed by atoms with Gasteiger partial charge in [0.05, 0.1) is 12.8 Å². The van der Waals surface area contributed by atoms with E-state index >= 15 is 0 Å². The van der Waals surface area contributed by atoms with E-state index in [1.807, 2.05) is 66.4 Å². The molecular formula is C23H22N2O2. The van der Waals surface area contributed by atoms with Crippen LogP contribution >= 0.6 is 0 Å². The van der Waals surface area contributed by atoms with E-state index in [9.17, 15) is 4.79 Å². The molecule has 4 aromatic rings. The standard InChI is InChI=1S/C23H22N2O2/c1-18-14-20-10-5-6-12-22(20)25(18)17-23(26)24(16-21-11-7-13-27-21)15-19-8-3-2-4-9-19/h2-14H,15-17H2,1H3. The summed E-state index contributed by atoms with van der Waals surface area (Å²) in [5, 5.41) is 1.16. The molecule has 2 aromatic carbocycles. The van der Waals surface area contributed by atoms with Gasteiger partial charge in [0.15, 0.2) is 0 Å². The number of nitrogens with zero attached hydrogens (tertiary/aromatic N) is 2. The highest BCUT2D eigenvalue weighted by Gasteiger charge is 2.18. The van der Waals surface area contributed by atoms with Crippen LogP contribution in [0.1, 0.15) is 17.0 Å². The van der Waals surface area contributed by atoms with Crippen LogP contribution in [0, 0.1) is 6.92 Å². The number of hydrogen-bond acceptors (Lipinski definition) is 2. The Bertz CT molecular complexity index is 1030. The number of furan rings is 1. The number of fused-ring (bicyclic) bond motifs is 1. The lowest BCUT2D eigenvalue weighted by atomic mass is 10.2. The molecule has 0 saturated heterocycles. The minimum absolute atomic E-state index is 0.0692. The van der Waals surface area contributed by atoms with Gasteiger partial charge < -0.3 is 13.9 Å². The van der Waals surface area contributed by atoms with Crippen LogP contribution in [0.2, 0.25) is 0 Å². The first-order valence-corrected chi connectivity index (χ1v) is 9.09. The molecule has 0 aliphatic heterocycles. The van der Waals surface area contributed by atoms with Gasteiger partial charge in [-0.15, -0.1) is 0 Å². The molecule has 0 fully saturated rings. The van der Waals surface area contributed by atoms with Crippen LogP contribution in [0.3, 0.4) is 0 Å². The molecule has 4 rings (SSSR count). The summed E-state index contributed by atoms with van der Waals surface area (Å²) >= 11 is 0. The molecule has 0 N–H and O–H groups in total. The number of carbonyl (C=O) groups is 1. The first-order valence-electron chi connectivity index (χ1n) is 9.09. The summed E-state index contributed by atoms with van der Waals surface area (Å²) in [5.74, 6) is 0.855. The summed E-state index contributed by atoms with van der Waals surface area (Å²) in [6.45, 7) is 3.37. The van der Waals surface area contributed by atoms with Crippen LogP contribution in [0.5, 0.6) is 0 Å². The number of rotatable bonds is 6. The van der Waals surface area contributed by atoms with Gasteiger partial charge in [-0.05, 0) is 42.1 Å². The molecule has 0 atom stereocenters. The zero-order valence-electron chi connectivity index (χ0n) is 15.3. The monoisotopic (exact) mass is 358 g/mol. The molecule has 0 spiro atoms. The average molecular weight is 358 g/mol. The first-order chi connectivity index (χ1) is 13.2. The fourth-order valence-corrected chi connectivity index (χ4v) is 3.42. The van der Waals surface area contributed by atoms with Crippen molar-refractivity contribution in [2.75, 3.05) is 0 Å². The minimum atomic E-state index is 0.0692. The van der Waals surface area contributed by atoms with Crippen LogP contribution in [-0.2, 0) is 24.4 Å². The largest absolute Gasteiger partial charge is 0.467 e. The van der Waals surface area contributed by atoms with Crippen molar-refractivity contribution in [3.63, 3.8) is 0 Å². The van der Waals surface area contributed by atoms with Gasteiger partial charge >= 0.3 is 0 Å². The smallest absolute Gasteiger partial charge is 0.243 e. The van der Waals surface area contributed by atoms with Gasteiger partial charge in [0.2, 0.25) is 5.91 Å². The van der Waals surface area contributed by atoms with E-state index < -0.39 is 0 Å². The zero-order valence-corrected chi connectivity index (χ0v) is 15.3. The molecular weight excluding hydrogens is 336 g/mol. The predicted molar refractivity (Wildman–Crippen MR) is 106 cm³/mol. The molecule has 4 nitrogen and oxygen atoms in total. The highest BCUT2D eigenvalue weighted by atomic mass is 16.3. The number of hydrogen-bond donors (Lipinski definition) is 0.